The highest BCUT2D eigenvalue weighted by Gasteiger charge is 2.57. The average Bonchev–Trinajstić information content (AvgIpc) is 3.52. The Morgan fingerprint density at radius 2 is 1.42 bits per heavy atom. The van der Waals surface area contributed by atoms with E-state index in [1.165, 1.54) is 0 Å². The molecule has 0 spiro atoms. The van der Waals surface area contributed by atoms with E-state index in [0.29, 0.717) is 50.9 Å². The molecule has 0 bridgehead atoms. The number of esters is 1. The molecule has 62 heavy (non-hydrogen) atoms. The molecule has 0 radical (unpaired) electrons. The number of aliphatic hydroxyl groups excluding tert-OH is 1. The minimum absolute atomic E-state index is 0.0873. The van der Waals surface area contributed by atoms with E-state index in [9.17, 15) is 9.90 Å². The van der Waals surface area contributed by atoms with Crippen molar-refractivity contribution in [3.8, 4) is 0 Å². The van der Waals surface area contributed by atoms with Gasteiger partial charge < -0.3 is 57.4 Å². The van der Waals surface area contributed by atoms with E-state index in [0.717, 1.165) is 51.4 Å². The van der Waals surface area contributed by atoms with Crippen LogP contribution >= 0.6 is 0 Å². The zero-order valence-electron chi connectivity index (χ0n) is 37.0. The third kappa shape index (κ3) is 8.74. The SMILES string of the molecule is C=C(C[C@@H]1C[C@H](O)[C@@H]2O[C@@H]3C[C@]4(C)O[C@@H]5/C=C\C[C@@H]6O[C@H]7[C@H](C/C=C\C[C@H]6O[C@H]5CCC[C@H]4O[C@H]3C[C@H]2O1)O[C@@H]1C[C@@H]2O[C@@H]3CC(=O)O[C@H]3C[C@@H](C)C[C@@]2(C)O[C@H]1C[C@@H]7C)OO. The van der Waals surface area contributed by atoms with Gasteiger partial charge in [-0.2, -0.15) is 0 Å². The van der Waals surface area contributed by atoms with Gasteiger partial charge in [-0.3, -0.25) is 4.79 Å². The molecule has 0 aromatic rings. The van der Waals surface area contributed by atoms with Crippen LogP contribution in [0.2, 0.25) is 0 Å². The molecule has 0 amide bonds. The first kappa shape index (κ1) is 43.9. The lowest BCUT2D eigenvalue weighted by Gasteiger charge is -2.55. The van der Waals surface area contributed by atoms with Crippen LogP contribution in [0.5, 0.6) is 0 Å². The Labute approximate surface area is 366 Å². The second-order valence-electron chi connectivity index (χ2n) is 21.0. The van der Waals surface area contributed by atoms with Crippen molar-refractivity contribution < 1.29 is 67.4 Å². The van der Waals surface area contributed by atoms with Gasteiger partial charge in [0.15, 0.2) is 0 Å². The smallest absolute Gasteiger partial charge is 0.308 e. The van der Waals surface area contributed by atoms with Crippen LogP contribution in [0.25, 0.3) is 0 Å². The first-order valence-corrected chi connectivity index (χ1v) is 23.9. The van der Waals surface area contributed by atoms with Crippen molar-refractivity contribution >= 4 is 5.97 Å². The summed E-state index contributed by atoms with van der Waals surface area (Å²) in [5.74, 6) is 0.538. The highest BCUT2D eigenvalue weighted by Crippen LogP contribution is 2.48. The number of aliphatic hydroxyl groups is 1. The van der Waals surface area contributed by atoms with Crippen LogP contribution in [-0.2, 0) is 57.1 Å². The molecule has 0 aromatic heterocycles. The Morgan fingerprint density at radius 3 is 2.26 bits per heavy atom. The minimum atomic E-state index is -0.719. The summed E-state index contributed by atoms with van der Waals surface area (Å²) in [6.07, 6.45) is 14.6. The van der Waals surface area contributed by atoms with E-state index in [2.05, 4.69) is 63.5 Å². The van der Waals surface area contributed by atoms with Gasteiger partial charge in [-0.1, -0.05) is 44.7 Å². The molecule has 22 atom stereocenters. The highest BCUT2D eigenvalue weighted by atomic mass is 17.1. The maximum atomic E-state index is 12.3. The molecule has 10 aliphatic heterocycles. The molecule has 2 N–H and O–H groups in total. The maximum Gasteiger partial charge on any atom is 0.308 e. The molecule has 346 valence electrons. The summed E-state index contributed by atoms with van der Waals surface area (Å²) in [4.78, 5) is 16.6. The van der Waals surface area contributed by atoms with Crippen molar-refractivity contribution in [2.75, 3.05) is 0 Å². The second-order valence-corrected chi connectivity index (χ2v) is 21.0. The van der Waals surface area contributed by atoms with E-state index < -0.39 is 23.4 Å². The maximum absolute atomic E-state index is 12.3. The second kappa shape index (κ2) is 17.7. The highest BCUT2D eigenvalue weighted by molar-refractivity contribution is 5.72. The lowest BCUT2D eigenvalue weighted by atomic mass is 9.78. The van der Waals surface area contributed by atoms with Crippen LogP contribution in [0.1, 0.15) is 124 Å². The van der Waals surface area contributed by atoms with E-state index in [1.54, 1.807) is 0 Å². The monoisotopic (exact) mass is 870 g/mol. The molecule has 10 heterocycles. The van der Waals surface area contributed by atoms with E-state index in [-0.39, 0.29) is 115 Å². The van der Waals surface area contributed by atoms with Gasteiger partial charge in [-0.25, -0.2) is 5.26 Å². The summed E-state index contributed by atoms with van der Waals surface area (Å²) in [6.45, 7) is 12.6. The zero-order valence-corrected chi connectivity index (χ0v) is 37.0. The lowest BCUT2D eigenvalue weighted by Crippen LogP contribution is -2.65. The summed E-state index contributed by atoms with van der Waals surface area (Å²) in [5.41, 5.74) is -1.11. The number of rotatable bonds is 3. The summed E-state index contributed by atoms with van der Waals surface area (Å²) >= 11 is 0. The molecule has 0 aromatic carbocycles. The van der Waals surface area contributed by atoms with Crippen molar-refractivity contribution in [3.05, 3.63) is 36.6 Å². The fourth-order valence-corrected chi connectivity index (χ4v) is 13.1. The molecule has 8 saturated heterocycles. The third-order valence-electron chi connectivity index (χ3n) is 16.1. The van der Waals surface area contributed by atoms with Crippen LogP contribution in [0.4, 0.5) is 0 Å². The zero-order chi connectivity index (χ0) is 42.9. The molecule has 0 aliphatic carbocycles. The van der Waals surface area contributed by atoms with Gasteiger partial charge >= 0.3 is 5.97 Å². The number of carbonyl (C=O) groups excluding carboxylic acids is 1. The fourth-order valence-electron chi connectivity index (χ4n) is 13.1. The topological polar surface area (TPSA) is 159 Å². The van der Waals surface area contributed by atoms with Gasteiger partial charge in [0.2, 0.25) is 0 Å². The van der Waals surface area contributed by atoms with Gasteiger partial charge in [0.05, 0.1) is 103 Å². The predicted molar refractivity (Wildman–Crippen MR) is 222 cm³/mol. The van der Waals surface area contributed by atoms with Crippen LogP contribution in [0.15, 0.2) is 36.6 Å². The van der Waals surface area contributed by atoms with Gasteiger partial charge in [0.25, 0.3) is 0 Å². The number of hydrogen-bond donors (Lipinski definition) is 2. The van der Waals surface area contributed by atoms with E-state index in [1.807, 2.05) is 0 Å². The van der Waals surface area contributed by atoms with Gasteiger partial charge in [-0.05, 0) is 83.5 Å². The molecule has 0 unspecified atom stereocenters. The average molecular weight is 871 g/mol. The quantitative estimate of drug-likeness (QED) is 0.109. The molecular weight excluding hydrogens is 801 g/mol. The number of fused-ring (bicyclic) bond motifs is 9. The first-order valence-electron chi connectivity index (χ1n) is 23.9. The van der Waals surface area contributed by atoms with E-state index in [4.69, 9.17) is 52.6 Å². The molecule has 14 heteroatoms. The van der Waals surface area contributed by atoms with Crippen LogP contribution in [0.3, 0.4) is 0 Å². The number of hydrogen-bond acceptors (Lipinski definition) is 14. The van der Waals surface area contributed by atoms with Gasteiger partial charge in [0.1, 0.15) is 30.2 Å². The predicted octanol–water partition coefficient (Wildman–Crippen LogP) is 6.20. The lowest BCUT2D eigenvalue weighted by molar-refractivity contribution is -0.317. The fraction of sp³-hybridized carbons (Fsp3) is 0.854. The molecule has 8 fully saturated rings. The Morgan fingerprint density at radius 1 is 0.694 bits per heavy atom. The standard InChI is InChI=1S/C48H70O14/c1-25-16-35-38(22-44(50)57-35)56-43-21-37-39(61-47(43,4)23-25)17-26(2)45-34(54-37)11-7-6-10-30-31(58-45)12-8-14-33-32(53-30)13-9-15-42-48(5,60-33)24-41-36(55-42)20-40-46(59-41)29(49)19-28(52-40)18-27(3)62-51/h6-8,14,25-26,28-43,45-46,49,51H,3,9-13,15-24H2,1-2,4-5H3/b7-6-,14-8-/t25-,26+,28-,29+,30-,31+,32+,33-,34+,35+,36+,37-,38-,39+,40-,41-,42-,43+,45-,46+,47-,48+/m1/s1. The number of carbonyl (C=O) groups is 1. The van der Waals surface area contributed by atoms with Gasteiger partial charge in [-0.15, -0.1) is 0 Å². The third-order valence-corrected chi connectivity index (χ3v) is 16.1. The summed E-state index contributed by atoms with van der Waals surface area (Å²) in [6, 6.07) is 0. The van der Waals surface area contributed by atoms with Crippen LogP contribution in [0, 0.1) is 11.8 Å². The summed E-state index contributed by atoms with van der Waals surface area (Å²) in [7, 11) is 0. The molecular formula is C48H70O14. The molecule has 10 rings (SSSR count). The largest absolute Gasteiger partial charge is 0.459 e. The van der Waals surface area contributed by atoms with Crippen LogP contribution in [-0.4, -0.2) is 137 Å². The van der Waals surface area contributed by atoms with Crippen molar-refractivity contribution in [3.63, 3.8) is 0 Å². The molecule has 10 aliphatic rings. The molecule has 0 saturated carbocycles. The van der Waals surface area contributed by atoms with E-state index >= 15 is 0 Å². The van der Waals surface area contributed by atoms with Crippen LogP contribution < -0.4 is 0 Å². The Kier molecular flexibility index (Phi) is 12.5. The van der Waals surface area contributed by atoms with Crippen molar-refractivity contribution in [2.45, 2.75) is 245 Å². The Hall–Kier alpha value is -1.95. The molecule has 14 nitrogen and oxygen atoms in total. The van der Waals surface area contributed by atoms with Crippen molar-refractivity contribution in [2.24, 2.45) is 11.8 Å². The Bertz CT molecular complexity index is 1690. The van der Waals surface area contributed by atoms with Crippen molar-refractivity contribution in [1.82, 2.24) is 0 Å². The normalized spacial score (nSPS) is 53.8. The number of ether oxygens (including phenoxy) is 10. The summed E-state index contributed by atoms with van der Waals surface area (Å²) < 4.78 is 68.0. The van der Waals surface area contributed by atoms with Crippen molar-refractivity contribution in [1.29, 1.82) is 0 Å². The Balaban J connectivity index is 0.816. The van der Waals surface area contributed by atoms with Gasteiger partial charge in [0, 0.05) is 32.1 Å². The minimum Gasteiger partial charge on any atom is -0.459 e. The first-order chi connectivity index (χ1) is 29.8. The summed E-state index contributed by atoms with van der Waals surface area (Å²) in [5, 5.41) is 20.2.